The summed E-state index contributed by atoms with van der Waals surface area (Å²) < 4.78 is 65.6. The Morgan fingerprint density at radius 3 is 1.41 bits per heavy atom. The zero-order chi connectivity index (χ0) is 42.2. The Bertz CT molecular complexity index is 2360. The highest BCUT2D eigenvalue weighted by atomic mass is 32.3. The van der Waals surface area contributed by atoms with Crippen LogP contribution in [-0.2, 0) is 20.2 Å². The highest BCUT2D eigenvalue weighted by Gasteiger charge is 2.21. The molecule has 5 aromatic rings. The van der Waals surface area contributed by atoms with Crippen LogP contribution in [0.3, 0.4) is 0 Å². The second kappa shape index (κ2) is 19.3. The quantitative estimate of drug-likeness (QED) is 0.0298. The first-order valence-corrected chi connectivity index (χ1v) is 23.1. The van der Waals surface area contributed by atoms with Crippen LogP contribution >= 0.6 is 34.4 Å². The molecule has 2 aromatic carbocycles. The van der Waals surface area contributed by atoms with E-state index < -0.39 is 20.2 Å². The number of nitrogens with one attached hydrogen (secondary N) is 2. The summed E-state index contributed by atoms with van der Waals surface area (Å²) in [5.41, 5.74) is 3.44. The van der Waals surface area contributed by atoms with E-state index in [1.54, 1.807) is 12.1 Å². The van der Waals surface area contributed by atoms with E-state index in [0.29, 0.717) is 71.6 Å². The van der Waals surface area contributed by atoms with E-state index in [-0.39, 0.29) is 59.5 Å². The van der Waals surface area contributed by atoms with Gasteiger partial charge in [0.25, 0.3) is 0 Å². The molecule has 20 nitrogen and oxygen atoms in total. The maximum atomic E-state index is 11.8. The van der Waals surface area contributed by atoms with Crippen molar-refractivity contribution in [3.05, 3.63) is 47.8 Å². The molecule has 5 N–H and O–H groups in total. The third-order valence-corrected chi connectivity index (χ3v) is 13.9. The third-order valence-electron chi connectivity index (χ3n) is 8.09. The summed E-state index contributed by atoms with van der Waals surface area (Å²) in [6, 6.07) is 10.9. The Labute approximate surface area is 347 Å². The number of aliphatic hydroxyl groups is 1. The Morgan fingerprint density at radius 2 is 1.07 bits per heavy atom. The van der Waals surface area contributed by atoms with E-state index in [2.05, 4.69) is 65.8 Å². The number of thioether (sulfide) groups is 1. The van der Waals surface area contributed by atoms with Crippen molar-refractivity contribution in [2.24, 2.45) is 20.5 Å². The largest absolute Gasteiger partial charge is 0.396 e. The van der Waals surface area contributed by atoms with Gasteiger partial charge in [-0.3, -0.25) is 9.11 Å². The summed E-state index contributed by atoms with van der Waals surface area (Å²) in [5.74, 6) is 0.488. The zero-order valence-electron chi connectivity index (χ0n) is 32.1. The van der Waals surface area contributed by atoms with Crippen molar-refractivity contribution in [1.29, 1.82) is 0 Å². The molecule has 0 unspecified atom stereocenters. The summed E-state index contributed by atoms with van der Waals surface area (Å²) in [4.78, 5) is 26.3. The van der Waals surface area contributed by atoms with Crippen molar-refractivity contribution in [2.45, 2.75) is 55.1 Å². The monoisotopic (exact) mass is 891 g/mol. The van der Waals surface area contributed by atoms with Gasteiger partial charge in [0.1, 0.15) is 11.4 Å². The van der Waals surface area contributed by atoms with E-state index in [0.717, 1.165) is 11.4 Å². The number of aryl methyl sites for hydroxylation is 2. The van der Waals surface area contributed by atoms with Crippen molar-refractivity contribution >= 4 is 111 Å². The first kappa shape index (κ1) is 44.3. The van der Waals surface area contributed by atoms with Gasteiger partial charge >= 0.3 is 20.2 Å². The van der Waals surface area contributed by atoms with Crippen LogP contribution in [0.2, 0.25) is 0 Å². The lowest BCUT2D eigenvalue weighted by Crippen LogP contribution is -2.21. The normalized spacial score (nSPS) is 12.2. The molecule has 0 radical (unpaired) electrons. The van der Waals surface area contributed by atoms with E-state index in [4.69, 9.17) is 0 Å². The number of hydrogen-bond donors (Lipinski definition) is 5. The van der Waals surface area contributed by atoms with Crippen LogP contribution < -0.4 is 20.4 Å². The average molecular weight is 892 g/mol. The first-order chi connectivity index (χ1) is 27.6. The average Bonchev–Trinajstić information content (AvgIpc) is 3.76. The van der Waals surface area contributed by atoms with E-state index >= 15 is 0 Å². The summed E-state index contributed by atoms with van der Waals surface area (Å²) >= 11 is 2.54. The molecular formula is C33H41N13O7S5. The number of thiazole rings is 2. The lowest BCUT2D eigenvalue weighted by molar-refractivity contribution is 0.322. The van der Waals surface area contributed by atoms with Crippen LogP contribution in [0.5, 0.6) is 0 Å². The molecule has 0 aliphatic rings. The molecule has 0 aliphatic heterocycles. The lowest BCUT2D eigenvalue weighted by atomic mass is 10.2. The zero-order valence-corrected chi connectivity index (χ0v) is 36.2. The maximum Gasteiger partial charge on any atom is 0.306 e. The second-order valence-corrected chi connectivity index (χ2v) is 18.2. The lowest BCUT2D eigenvalue weighted by Gasteiger charge is -2.22. The molecule has 0 saturated heterocycles. The fourth-order valence-electron chi connectivity index (χ4n) is 5.40. The number of nitrogens with zero attached hydrogens (tertiary/aromatic N) is 11. The van der Waals surface area contributed by atoms with Crippen molar-refractivity contribution < 1.29 is 31.0 Å². The second-order valence-electron chi connectivity index (χ2n) is 11.9. The number of hydrogen-bond acceptors (Lipinski definition) is 21. The molecule has 25 heteroatoms. The highest BCUT2D eigenvalue weighted by molar-refractivity contribution is 7.99. The summed E-state index contributed by atoms with van der Waals surface area (Å²) in [6.45, 7) is 13.7. The van der Waals surface area contributed by atoms with Crippen molar-refractivity contribution in [3.8, 4) is 0 Å². The molecular weight excluding hydrogens is 851 g/mol. The van der Waals surface area contributed by atoms with Crippen LogP contribution in [0.1, 0.15) is 39.1 Å². The van der Waals surface area contributed by atoms with Crippen LogP contribution in [0.4, 0.5) is 56.3 Å². The fourth-order valence-corrected chi connectivity index (χ4v) is 9.35. The van der Waals surface area contributed by atoms with Gasteiger partial charge in [0.2, 0.25) is 22.2 Å². The third kappa shape index (κ3) is 11.2. The minimum atomic E-state index is -4.49. The summed E-state index contributed by atoms with van der Waals surface area (Å²) in [5, 5.41) is 33.4. The number of anilines is 6. The smallest absolute Gasteiger partial charge is 0.306 e. The van der Waals surface area contributed by atoms with Gasteiger partial charge in [0, 0.05) is 43.3 Å². The number of aliphatic hydroxyl groups excluding tert-OH is 1. The minimum Gasteiger partial charge on any atom is -0.396 e. The van der Waals surface area contributed by atoms with Gasteiger partial charge in [-0.25, -0.2) is 9.97 Å². The van der Waals surface area contributed by atoms with Gasteiger partial charge in [-0.2, -0.15) is 31.8 Å². The number of azo groups is 2. The van der Waals surface area contributed by atoms with Crippen LogP contribution in [0.25, 0.3) is 0 Å². The fraction of sp³-hybridized carbons (Fsp3) is 0.364. The van der Waals surface area contributed by atoms with Crippen LogP contribution in [-0.4, -0.2) is 94.5 Å². The molecule has 0 fully saturated rings. The van der Waals surface area contributed by atoms with Crippen molar-refractivity contribution in [1.82, 2.24) is 24.9 Å². The predicted octanol–water partition coefficient (Wildman–Crippen LogP) is 7.99. The Balaban J connectivity index is 1.57. The SMILES string of the molecule is CCN(CC)c1ccc(N=Nc2nc(C)c(S(=O)(=O)O)s2)c(Nc2nc(Nc3cc(N(CC)CC)ccc3N=Nc3nc(C)c(S(=O)(=O)O)s3)nc(SCCO)n2)c1. The number of aromatic nitrogens is 5. The molecule has 0 spiro atoms. The maximum absolute atomic E-state index is 11.8. The molecule has 3 heterocycles. The van der Waals surface area contributed by atoms with E-state index in [9.17, 15) is 31.0 Å². The van der Waals surface area contributed by atoms with Crippen LogP contribution in [0.15, 0.2) is 70.4 Å². The van der Waals surface area contributed by atoms with Crippen LogP contribution in [0, 0.1) is 13.8 Å². The minimum absolute atomic E-state index is 0.0157. The Morgan fingerprint density at radius 1 is 0.655 bits per heavy atom. The molecule has 0 atom stereocenters. The highest BCUT2D eigenvalue weighted by Crippen LogP contribution is 2.38. The van der Waals surface area contributed by atoms with Gasteiger partial charge in [0.15, 0.2) is 13.6 Å². The molecule has 5 rings (SSSR count). The molecule has 0 aliphatic carbocycles. The standard InChI is InChI=1S/C33H41N13O7S5/c1-7-45(8-2)21-11-13-23(41-43-32-34-19(5)27(55-32)57(48,49)50)25(17-21)36-29-38-30(40-31(39-29)54-16-15-47)37-26-18-22(46(9-3)10-4)12-14-24(26)42-44-33-35-20(6)28(56-33)58(51,52)53/h11-14,17-18,47H,7-10,15-16H2,1-6H3,(H,48,49,50)(H,51,52,53)(H2,36,37,38,39,40). The molecule has 0 amide bonds. The van der Waals surface area contributed by atoms with Gasteiger partial charge in [-0.15, -0.1) is 20.5 Å². The molecule has 0 saturated carbocycles. The molecule has 58 heavy (non-hydrogen) atoms. The van der Waals surface area contributed by atoms with E-state index in [1.165, 1.54) is 25.6 Å². The van der Waals surface area contributed by atoms with Crippen molar-refractivity contribution in [2.75, 3.05) is 59.0 Å². The van der Waals surface area contributed by atoms with Gasteiger partial charge in [-0.05, 0) is 77.9 Å². The number of benzene rings is 2. The molecule has 310 valence electrons. The molecule has 3 aromatic heterocycles. The van der Waals surface area contributed by atoms with Gasteiger partial charge < -0.3 is 25.5 Å². The molecule has 0 bridgehead atoms. The topological polar surface area (TPSA) is 273 Å². The van der Waals surface area contributed by atoms with Crippen molar-refractivity contribution in [3.63, 3.8) is 0 Å². The first-order valence-electron chi connectivity index (χ1n) is 17.6. The predicted molar refractivity (Wildman–Crippen MR) is 226 cm³/mol. The van der Waals surface area contributed by atoms with Gasteiger partial charge in [0.05, 0.1) is 29.4 Å². The Kier molecular flexibility index (Phi) is 14.8. The summed E-state index contributed by atoms with van der Waals surface area (Å²) in [6.07, 6.45) is 0. The number of rotatable bonds is 19. The summed E-state index contributed by atoms with van der Waals surface area (Å²) in [7, 11) is -8.98. The van der Waals surface area contributed by atoms with Gasteiger partial charge in [-0.1, -0.05) is 34.4 Å². The van der Waals surface area contributed by atoms with E-state index in [1.807, 2.05) is 52.0 Å². The Hall–Kier alpha value is -4.76.